The molecule has 2 heterocycles. The summed E-state index contributed by atoms with van der Waals surface area (Å²) in [4.78, 5) is 13.9. The first-order chi connectivity index (χ1) is 17.4. The van der Waals surface area contributed by atoms with Crippen molar-refractivity contribution in [3.8, 4) is 5.88 Å². The Labute approximate surface area is 214 Å². The van der Waals surface area contributed by atoms with E-state index in [1.54, 1.807) is 13.0 Å². The molecule has 0 amide bonds. The van der Waals surface area contributed by atoms with Crippen LogP contribution in [0.25, 0.3) is 0 Å². The Morgan fingerprint density at radius 1 is 1.11 bits per heavy atom. The number of sulfonamides is 1. The molecule has 8 nitrogen and oxygen atoms in total. The molecule has 1 N–H and O–H groups in total. The number of alkyl halides is 3. The molecule has 1 aliphatic carbocycles. The summed E-state index contributed by atoms with van der Waals surface area (Å²) < 4.78 is 73.7. The molecular formula is C25H28F3N5O3S. The molecule has 1 fully saturated rings. The first-order valence-corrected chi connectivity index (χ1v) is 13.2. The Morgan fingerprint density at radius 2 is 1.89 bits per heavy atom. The van der Waals surface area contributed by atoms with Crippen LogP contribution in [0.1, 0.15) is 41.9 Å². The first kappa shape index (κ1) is 26.8. The number of anilines is 1. The molecule has 0 bridgehead atoms. The highest BCUT2D eigenvalue weighted by atomic mass is 32.2. The number of likely N-dealkylation sites (N-methyl/N-ethyl adjacent to an activating group) is 1. The third-order valence-corrected chi connectivity index (χ3v) is 7.82. The molecule has 3 aromatic rings. The molecule has 3 atom stereocenters. The number of hydrogen-bond acceptors (Lipinski definition) is 7. The molecule has 0 saturated heterocycles. The molecule has 2 aromatic heterocycles. The van der Waals surface area contributed by atoms with Crippen molar-refractivity contribution in [1.29, 1.82) is 0 Å². The highest BCUT2D eigenvalue weighted by molar-refractivity contribution is 7.92. The molecule has 1 saturated carbocycles. The molecule has 0 aliphatic heterocycles. The summed E-state index contributed by atoms with van der Waals surface area (Å²) in [6.07, 6.45) is 1.13. The summed E-state index contributed by atoms with van der Waals surface area (Å²) in [5.74, 6) is 0.415. The molecule has 12 heteroatoms. The lowest BCUT2D eigenvalue weighted by Gasteiger charge is -2.40. The number of rotatable bonds is 7. The lowest BCUT2D eigenvalue weighted by molar-refractivity contribution is -0.137. The van der Waals surface area contributed by atoms with Gasteiger partial charge in [0, 0.05) is 17.8 Å². The standard InChI is InChI=1S/C25H28F3N5O3S/c1-16-11-20(37(34,35)32-23-9-10-29-15-31-23)14-30-24(16)36-22-8-7-18(13-21(22)33(2)3)17-5-4-6-19(12-17)25(26,27)28/h4-6,9-12,14-15,18,21-22H,7-8,13H2,1-3H3,(H,29,31,32)/t18-,21-,22-/m0/s1. The van der Waals surface area contributed by atoms with Gasteiger partial charge in [0.1, 0.15) is 23.1 Å². The van der Waals surface area contributed by atoms with Crippen LogP contribution in [0.5, 0.6) is 5.88 Å². The largest absolute Gasteiger partial charge is 0.472 e. The Balaban J connectivity index is 1.48. The summed E-state index contributed by atoms with van der Waals surface area (Å²) >= 11 is 0. The van der Waals surface area contributed by atoms with Gasteiger partial charge in [-0.1, -0.05) is 18.2 Å². The number of hydrogen-bond donors (Lipinski definition) is 1. The minimum Gasteiger partial charge on any atom is -0.472 e. The fourth-order valence-corrected chi connectivity index (χ4v) is 5.61. The van der Waals surface area contributed by atoms with E-state index in [9.17, 15) is 21.6 Å². The fourth-order valence-electron chi connectivity index (χ4n) is 4.57. The van der Waals surface area contributed by atoms with E-state index < -0.39 is 21.8 Å². The summed E-state index contributed by atoms with van der Waals surface area (Å²) in [5, 5.41) is 0. The van der Waals surface area contributed by atoms with Crippen molar-refractivity contribution >= 4 is 15.8 Å². The summed E-state index contributed by atoms with van der Waals surface area (Å²) in [5.41, 5.74) is 0.567. The molecule has 1 aromatic carbocycles. The molecular weight excluding hydrogens is 507 g/mol. The topological polar surface area (TPSA) is 97.3 Å². The number of aromatic nitrogens is 3. The molecule has 37 heavy (non-hydrogen) atoms. The lowest BCUT2D eigenvalue weighted by Crippen LogP contribution is -2.46. The van der Waals surface area contributed by atoms with Gasteiger partial charge in [-0.3, -0.25) is 4.72 Å². The van der Waals surface area contributed by atoms with Gasteiger partial charge < -0.3 is 9.64 Å². The van der Waals surface area contributed by atoms with Gasteiger partial charge in [0.2, 0.25) is 5.88 Å². The molecule has 0 radical (unpaired) electrons. The van der Waals surface area contributed by atoms with E-state index in [0.29, 0.717) is 36.3 Å². The van der Waals surface area contributed by atoms with Crippen molar-refractivity contribution in [2.24, 2.45) is 0 Å². The average Bonchev–Trinajstić information content (AvgIpc) is 2.85. The summed E-state index contributed by atoms with van der Waals surface area (Å²) in [6, 6.07) is 8.36. The number of pyridine rings is 1. The predicted octanol–water partition coefficient (Wildman–Crippen LogP) is 4.64. The molecule has 4 rings (SSSR count). The van der Waals surface area contributed by atoms with E-state index in [1.807, 2.05) is 19.0 Å². The summed E-state index contributed by atoms with van der Waals surface area (Å²) in [6.45, 7) is 1.71. The van der Waals surface area contributed by atoms with Crippen LogP contribution >= 0.6 is 0 Å². The number of benzene rings is 1. The van der Waals surface area contributed by atoms with Gasteiger partial charge in [0.05, 0.1) is 11.8 Å². The van der Waals surface area contributed by atoms with Gasteiger partial charge in [-0.15, -0.1) is 0 Å². The van der Waals surface area contributed by atoms with E-state index in [-0.39, 0.29) is 28.8 Å². The second kappa shape index (κ2) is 10.6. The fraction of sp³-hybridized carbons (Fsp3) is 0.400. The van der Waals surface area contributed by atoms with Crippen LogP contribution in [0.4, 0.5) is 19.0 Å². The molecule has 0 unspecified atom stereocenters. The van der Waals surface area contributed by atoms with Crippen molar-refractivity contribution in [2.45, 2.75) is 55.3 Å². The van der Waals surface area contributed by atoms with E-state index in [4.69, 9.17) is 4.74 Å². The second-order valence-corrected chi connectivity index (χ2v) is 11.0. The summed E-state index contributed by atoms with van der Waals surface area (Å²) in [7, 11) is -0.0944. The monoisotopic (exact) mass is 535 g/mol. The zero-order valence-electron chi connectivity index (χ0n) is 20.6. The van der Waals surface area contributed by atoms with Gasteiger partial charge in [0.15, 0.2) is 0 Å². The SMILES string of the molecule is Cc1cc(S(=O)(=O)Nc2ccncn2)cnc1O[C@H]1CC[C@H](c2cccc(C(F)(F)F)c2)C[C@@H]1N(C)C. The van der Waals surface area contributed by atoms with E-state index in [1.165, 1.54) is 43.0 Å². The first-order valence-electron chi connectivity index (χ1n) is 11.7. The van der Waals surface area contributed by atoms with E-state index in [0.717, 1.165) is 6.07 Å². The van der Waals surface area contributed by atoms with Crippen LogP contribution in [-0.2, 0) is 16.2 Å². The lowest BCUT2D eigenvalue weighted by atomic mass is 9.79. The second-order valence-electron chi connectivity index (χ2n) is 9.31. The van der Waals surface area contributed by atoms with Gasteiger partial charge in [0.25, 0.3) is 10.0 Å². The third-order valence-electron chi connectivity index (χ3n) is 6.50. The number of ether oxygens (including phenoxy) is 1. The van der Waals surface area contributed by atoms with Crippen molar-refractivity contribution in [3.63, 3.8) is 0 Å². The van der Waals surface area contributed by atoms with Crippen molar-refractivity contribution < 1.29 is 26.3 Å². The number of nitrogens with one attached hydrogen (secondary N) is 1. The van der Waals surface area contributed by atoms with Crippen molar-refractivity contribution in [3.05, 3.63) is 71.8 Å². The average molecular weight is 536 g/mol. The predicted molar refractivity (Wildman–Crippen MR) is 132 cm³/mol. The maximum absolute atomic E-state index is 13.2. The Hall–Kier alpha value is -3.25. The molecule has 1 aliphatic rings. The Bertz CT molecular complexity index is 1340. The zero-order chi connectivity index (χ0) is 26.8. The van der Waals surface area contributed by atoms with E-state index in [2.05, 4.69) is 19.7 Å². The van der Waals surface area contributed by atoms with Crippen molar-refractivity contribution in [1.82, 2.24) is 19.9 Å². The van der Waals surface area contributed by atoms with Crippen LogP contribution < -0.4 is 9.46 Å². The normalized spacial score (nSPS) is 20.6. The maximum Gasteiger partial charge on any atom is 0.416 e. The van der Waals surface area contributed by atoms with E-state index >= 15 is 0 Å². The van der Waals surface area contributed by atoms with Gasteiger partial charge in [-0.2, -0.15) is 13.2 Å². The molecule has 0 spiro atoms. The highest BCUT2D eigenvalue weighted by Gasteiger charge is 2.36. The number of nitrogens with zero attached hydrogens (tertiary/aromatic N) is 4. The van der Waals surface area contributed by atoms with Crippen LogP contribution in [0, 0.1) is 6.92 Å². The van der Waals surface area contributed by atoms with Crippen LogP contribution in [0.3, 0.4) is 0 Å². The number of aryl methyl sites for hydroxylation is 1. The minimum atomic E-state index is -4.38. The van der Waals surface area contributed by atoms with Gasteiger partial charge >= 0.3 is 6.18 Å². The van der Waals surface area contributed by atoms with Crippen LogP contribution in [-0.4, -0.2) is 54.5 Å². The minimum absolute atomic E-state index is 0.0339. The number of halogens is 3. The smallest absolute Gasteiger partial charge is 0.416 e. The maximum atomic E-state index is 13.2. The van der Waals surface area contributed by atoms with Crippen LogP contribution in [0.2, 0.25) is 0 Å². The van der Waals surface area contributed by atoms with Gasteiger partial charge in [-0.25, -0.2) is 23.4 Å². The quantitative estimate of drug-likeness (QED) is 0.471. The zero-order valence-corrected chi connectivity index (χ0v) is 21.4. The van der Waals surface area contributed by atoms with Crippen LogP contribution in [0.15, 0.2) is 60.0 Å². The Kier molecular flexibility index (Phi) is 7.69. The van der Waals surface area contributed by atoms with Gasteiger partial charge in [-0.05, 0) is 70.0 Å². The Morgan fingerprint density at radius 3 is 2.54 bits per heavy atom. The highest BCUT2D eigenvalue weighted by Crippen LogP contribution is 2.39. The third kappa shape index (κ3) is 6.37. The van der Waals surface area contributed by atoms with Crippen molar-refractivity contribution in [2.75, 3.05) is 18.8 Å². The molecule has 198 valence electrons.